The third kappa shape index (κ3) is 7.12. The van der Waals surface area contributed by atoms with Crippen molar-refractivity contribution in [2.75, 3.05) is 13.1 Å². The smallest absolute Gasteiger partial charge is 0.304 e. The molecule has 1 aromatic rings. The Bertz CT molecular complexity index is 415. The summed E-state index contributed by atoms with van der Waals surface area (Å²) in [5, 5.41) is 17.4. The Kier molecular flexibility index (Phi) is 6.79. The number of halogens is 1. The molecule has 0 aliphatic heterocycles. The van der Waals surface area contributed by atoms with Crippen LogP contribution in [0.25, 0.3) is 0 Å². The highest BCUT2D eigenvalue weighted by Gasteiger charge is 2.10. The van der Waals surface area contributed by atoms with Crippen molar-refractivity contribution in [2.45, 2.75) is 19.4 Å². The highest BCUT2D eigenvalue weighted by atomic mass is 127. The number of hydrogen-bond donors (Lipinski definition) is 2. The van der Waals surface area contributed by atoms with Gasteiger partial charge < -0.3 is 10.2 Å². The van der Waals surface area contributed by atoms with Gasteiger partial charge in [-0.25, -0.2) is 0 Å². The van der Waals surface area contributed by atoms with Crippen molar-refractivity contribution >= 4 is 34.5 Å². The van der Waals surface area contributed by atoms with Gasteiger partial charge in [-0.2, -0.15) is 0 Å². The van der Waals surface area contributed by atoms with E-state index in [0.29, 0.717) is 19.6 Å². The van der Waals surface area contributed by atoms with E-state index >= 15 is 0 Å². The van der Waals surface area contributed by atoms with Crippen molar-refractivity contribution < 1.29 is 19.8 Å². The molecule has 6 heteroatoms. The Hall–Kier alpha value is -1.15. The molecule has 0 atom stereocenters. The minimum absolute atomic E-state index is 0.0178. The van der Waals surface area contributed by atoms with E-state index in [1.165, 1.54) is 0 Å². The van der Waals surface area contributed by atoms with E-state index in [1.807, 2.05) is 29.2 Å². The molecule has 0 aliphatic rings. The van der Waals surface area contributed by atoms with Crippen molar-refractivity contribution in [3.63, 3.8) is 0 Å². The molecule has 19 heavy (non-hydrogen) atoms. The maximum atomic E-state index is 10.6. The lowest BCUT2D eigenvalue weighted by Crippen LogP contribution is -2.28. The molecular weight excluding hydrogens is 361 g/mol. The minimum Gasteiger partial charge on any atom is -0.481 e. The van der Waals surface area contributed by atoms with Crippen LogP contribution in [-0.4, -0.2) is 40.1 Å². The van der Waals surface area contributed by atoms with Crippen molar-refractivity contribution in [1.82, 2.24) is 4.90 Å². The van der Waals surface area contributed by atoms with Crippen LogP contribution in [0.3, 0.4) is 0 Å². The highest BCUT2D eigenvalue weighted by molar-refractivity contribution is 14.1. The normalized spacial score (nSPS) is 10.6. The zero-order chi connectivity index (χ0) is 14.3. The number of nitrogens with zero attached hydrogens (tertiary/aromatic N) is 1. The summed E-state index contributed by atoms with van der Waals surface area (Å²) < 4.78 is 1.13. The number of hydrogen-bond acceptors (Lipinski definition) is 3. The lowest BCUT2D eigenvalue weighted by atomic mass is 10.2. The molecule has 0 heterocycles. The van der Waals surface area contributed by atoms with E-state index in [0.717, 1.165) is 9.13 Å². The van der Waals surface area contributed by atoms with E-state index in [2.05, 4.69) is 22.6 Å². The zero-order valence-electron chi connectivity index (χ0n) is 10.4. The molecule has 104 valence electrons. The third-order valence-electron chi connectivity index (χ3n) is 2.60. The first-order valence-corrected chi connectivity index (χ1v) is 6.95. The Morgan fingerprint density at radius 3 is 1.89 bits per heavy atom. The van der Waals surface area contributed by atoms with Gasteiger partial charge in [-0.15, -0.1) is 0 Å². The van der Waals surface area contributed by atoms with Gasteiger partial charge in [0.15, 0.2) is 0 Å². The molecule has 1 rings (SSSR count). The molecule has 0 saturated carbocycles. The zero-order valence-corrected chi connectivity index (χ0v) is 12.5. The van der Waals surface area contributed by atoms with Crippen LogP contribution in [0, 0.1) is 3.57 Å². The monoisotopic (exact) mass is 377 g/mol. The summed E-state index contributed by atoms with van der Waals surface area (Å²) in [5.74, 6) is -1.74. The van der Waals surface area contributed by atoms with Crippen LogP contribution >= 0.6 is 22.6 Å². The SMILES string of the molecule is O=C(O)CCN(CCC(=O)O)Cc1ccc(I)cc1. The fraction of sp³-hybridized carbons (Fsp3) is 0.385. The number of carboxylic acid groups (broad SMARTS) is 2. The van der Waals surface area contributed by atoms with E-state index in [-0.39, 0.29) is 12.8 Å². The summed E-state index contributed by atoms with van der Waals surface area (Å²) in [7, 11) is 0. The van der Waals surface area contributed by atoms with Crippen LogP contribution in [-0.2, 0) is 16.1 Å². The van der Waals surface area contributed by atoms with Crippen molar-refractivity contribution in [1.29, 1.82) is 0 Å². The summed E-state index contributed by atoms with van der Waals surface area (Å²) >= 11 is 2.21. The molecule has 0 aliphatic carbocycles. The molecule has 0 unspecified atom stereocenters. The van der Waals surface area contributed by atoms with E-state index in [9.17, 15) is 9.59 Å². The Balaban J connectivity index is 2.58. The number of carbonyl (C=O) groups is 2. The summed E-state index contributed by atoms with van der Waals surface area (Å²) in [4.78, 5) is 23.0. The number of benzene rings is 1. The van der Waals surface area contributed by atoms with Crippen LogP contribution in [0.2, 0.25) is 0 Å². The molecule has 0 radical (unpaired) electrons. The molecule has 0 amide bonds. The summed E-state index contributed by atoms with van der Waals surface area (Å²) in [6.07, 6.45) is 0.0357. The van der Waals surface area contributed by atoms with Gasteiger partial charge >= 0.3 is 11.9 Å². The second-order valence-electron chi connectivity index (χ2n) is 4.19. The Labute approximate surface area is 125 Å². The van der Waals surface area contributed by atoms with Crippen LogP contribution in [0.15, 0.2) is 24.3 Å². The number of aliphatic carboxylic acids is 2. The topological polar surface area (TPSA) is 77.8 Å². The summed E-state index contributed by atoms with van der Waals surface area (Å²) in [6.45, 7) is 1.28. The van der Waals surface area contributed by atoms with E-state index in [4.69, 9.17) is 10.2 Å². The quantitative estimate of drug-likeness (QED) is 0.678. The first-order valence-electron chi connectivity index (χ1n) is 5.88. The first-order chi connectivity index (χ1) is 8.97. The van der Waals surface area contributed by atoms with Gasteiger partial charge in [0.1, 0.15) is 0 Å². The molecule has 1 aromatic carbocycles. The van der Waals surface area contributed by atoms with Crippen LogP contribution in [0.4, 0.5) is 0 Å². The summed E-state index contributed by atoms with van der Waals surface area (Å²) in [5.41, 5.74) is 1.05. The molecule has 0 saturated heterocycles. The lowest BCUT2D eigenvalue weighted by Gasteiger charge is -2.20. The maximum absolute atomic E-state index is 10.6. The minimum atomic E-state index is -0.872. The molecule has 0 fully saturated rings. The van der Waals surface area contributed by atoms with Crippen molar-refractivity contribution in [3.05, 3.63) is 33.4 Å². The molecule has 0 aromatic heterocycles. The van der Waals surface area contributed by atoms with Gasteiger partial charge in [0.05, 0.1) is 12.8 Å². The maximum Gasteiger partial charge on any atom is 0.304 e. The van der Waals surface area contributed by atoms with Gasteiger partial charge in [-0.3, -0.25) is 14.5 Å². The van der Waals surface area contributed by atoms with Gasteiger partial charge in [-0.05, 0) is 40.3 Å². The average Bonchev–Trinajstić information content (AvgIpc) is 2.35. The van der Waals surface area contributed by atoms with Gasteiger partial charge in [0.2, 0.25) is 0 Å². The second kappa shape index (κ2) is 8.11. The molecule has 2 N–H and O–H groups in total. The van der Waals surface area contributed by atoms with Crippen molar-refractivity contribution in [3.8, 4) is 0 Å². The summed E-state index contributed by atoms with van der Waals surface area (Å²) in [6, 6.07) is 7.89. The standard InChI is InChI=1S/C13H16INO4/c14-11-3-1-10(2-4-11)9-15(7-5-12(16)17)8-6-13(18)19/h1-4H,5-9H2,(H,16,17)(H,18,19). The Morgan fingerprint density at radius 2 is 1.47 bits per heavy atom. The van der Waals surface area contributed by atoms with E-state index in [1.54, 1.807) is 0 Å². The molecule has 0 bridgehead atoms. The number of carboxylic acids is 2. The molecular formula is C13H16INO4. The van der Waals surface area contributed by atoms with Gasteiger partial charge in [0.25, 0.3) is 0 Å². The van der Waals surface area contributed by atoms with Crippen molar-refractivity contribution in [2.24, 2.45) is 0 Å². The molecule has 5 nitrogen and oxygen atoms in total. The predicted molar refractivity (Wildman–Crippen MR) is 78.9 cm³/mol. The van der Waals surface area contributed by atoms with Gasteiger partial charge in [-0.1, -0.05) is 12.1 Å². The fourth-order valence-electron chi connectivity index (χ4n) is 1.63. The second-order valence-corrected chi connectivity index (χ2v) is 5.44. The molecule has 0 spiro atoms. The average molecular weight is 377 g/mol. The van der Waals surface area contributed by atoms with Crippen LogP contribution < -0.4 is 0 Å². The largest absolute Gasteiger partial charge is 0.481 e. The highest BCUT2D eigenvalue weighted by Crippen LogP contribution is 2.10. The first kappa shape index (κ1) is 15.9. The lowest BCUT2D eigenvalue weighted by molar-refractivity contribution is -0.137. The predicted octanol–water partition coefficient (Wildman–Crippen LogP) is 2.04. The Morgan fingerprint density at radius 1 is 1.00 bits per heavy atom. The van der Waals surface area contributed by atoms with E-state index < -0.39 is 11.9 Å². The van der Waals surface area contributed by atoms with Crippen LogP contribution in [0.1, 0.15) is 18.4 Å². The third-order valence-corrected chi connectivity index (χ3v) is 3.32. The van der Waals surface area contributed by atoms with Crippen LogP contribution in [0.5, 0.6) is 0 Å². The fourth-order valence-corrected chi connectivity index (χ4v) is 1.99. The van der Waals surface area contributed by atoms with Gasteiger partial charge in [0, 0.05) is 23.2 Å². The number of rotatable bonds is 8.